The summed E-state index contributed by atoms with van der Waals surface area (Å²) in [5.41, 5.74) is 5.63. The van der Waals surface area contributed by atoms with Gasteiger partial charge in [-0.1, -0.05) is 30.3 Å². The van der Waals surface area contributed by atoms with Gasteiger partial charge in [0.2, 0.25) is 0 Å². The number of aromatic nitrogens is 1. The lowest BCUT2D eigenvalue weighted by atomic mass is 9.94. The van der Waals surface area contributed by atoms with Gasteiger partial charge in [-0.15, -0.1) is 0 Å². The van der Waals surface area contributed by atoms with E-state index in [0.717, 1.165) is 34.3 Å². The molecule has 1 aliphatic carbocycles. The molecule has 0 bridgehead atoms. The van der Waals surface area contributed by atoms with E-state index in [2.05, 4.69) is 67.9 Å². The molecule has 210 valence electrons. The van der Waals surface area contributed by atoms with Gasteiger partial charge in [-0.2, -0.15) is 0 Å². The second-order valence-electron chi connectivity index (χ2n) is 12.2. The van der Waals surface area contributed by atoms with Crippen LogP contribution in [0.5, 0.6) is 5.75 Å². The van der Waals surface area contributed by atoms with Crippen LogP contribution in [0.4, 0.5) is 4.39 Å². The number of ether oxygens (including phenoxy) is 1. The third-order valence-corrected chi connectivity index (χ3v) is 8.92. The second-order valence-corrected chi connectivity index (χ2v) is 15.7. The van der Waals surface area contributed by atoms with Gasteiger partial charge >= 0.3 is 0 Å². The predicted octanol–water partition coefficient (Wildman–Crippen LogP) is 8.51. The average Bonchev–Trinajstić information content (AvgIpc) is 3.71. The van der Waals surface area contributed by atoms with Crippen molar-refractivity contribution in [1.82, 2.24) is 9.88 Å². The Morgan fingerprint density at radius 2 is 1.74 bits per heavy atom. The smallest absolute Gasteiger partial charge is 0.149 e. The highest BCUT2D eigenvalue weighted by molar-refractivity contribution is 7.62. The van der Waals surface area contributed by atoms with Gasteiger partial charge in [-0.25, -0.2) is 4.39 Å². The van der Waals surface area contributed by atoms with Gasteiger partial charge in [0, 0.05) is 36.0 Å². The minimum atomic E-state index is -2.11. The van der Waals surface area contributed by atoms with Gasteiger partial charge in [-0.05, 0) is 113 Å². The van der Waals surface area contributed by atoms with Gasteiger partial charge in [-0.3, -0.25) is 9.88 Å². The first-order valence-corrected chi connectivity index (χ1v) is 17.0. The lowest BCUT2D eigenvalue weighted by Crippen LogP contribution is -2.36. The molecule has 1 heterocycles. The van der Waals surface area contributed by atoms with Crippen molar-refractivity contribution in [3.8, 4) is 16.9 Å². The summed E-state index contributed by atoms with van der Waals surface area (Å²) in [6, 6.07) is 17.0. The molecule has 1 fully saturated rings. The van der Waals surface area contributed by atoms with Crippen LogP contribution in [-0.4, -0.2) is 41.5 Å². The Morgan fingerprint density at radius 3 is 2.38 bits per heavy atom. The Labute approximate surface area is 234 Å². The van der Waals surface area contributed by atoms with Crippen LogP contribution in [0.1, 0.15) is 68.8 Å². The van der Waals surface area contributed by atoms with E-state index in [1.807, 2.05) is 38.5 Å². The van der Waals surface area contributed by atoms with Crippen LogP contribution < -0.4 is 4.74 Å². The number of hydrogen-bond donors (Lipinski definition) is 0. The lowest BCUT2D eigenvalue weighted by Gasteiger charge is -2.31. The minimum Gasteiger partial charge on any atom is -0.489 e. The van der Waals surface area contributed by atoms with Crippen molar-refractivity contribution in [2.24, 2.45) is 5.92 Å². The van der Waals surface area contributed by atoms with Crippen LogP contribution in [0, 0.1) is 18.7 Å². The fourth-order valence-corrected chi connectivity index (χ4v) is 7.00. The maximum absolute atomic E-state index is 14.9. The normalized spacial score (nSPS) is 14.8. The van der Waals surface area contributed by atoms with E-state index in [-0.39, 0.29) is 5.82 Å². The molecule has 1 atom stereocenters. The van der Waals surface area contributed by atoms with Gasteiger partial charge < -0.3 is 9.30 Å². The van der Waals surface area contributed by atoms with E-state index >= 15 is 0 Å². The zero-order valence-corrected chi connectivity index (χ0v) is 25.5. The van der Waals surface area contributed by atoms with Crippen LogP contribution in [0.2, 0.25) is 0 Å². The van der Waals surface area contributed by atoms with Crippen LogP contribution in [-0.2, 0) is 17.7 Å². The van der Waals surface area contributed by atoms with Crippen molar-refractivity contribution in [2.75, 3.05) is 19.5 Å². The van der Waals surface area contributed by atoms with Gasteiger partial charge in [0.05, 0.1) is 13.3 Å². The Morgan fingerprint density at radius 1 is 1.03 bits per heavy atom. The lowest BCUT2D eigenvalue weighted by molar-refractivity contribution is 0.166. The summed E-state index contributed by atoms with van der Waals surface area (Å²) >= 11 is 0. The van der Waals surface area contributed by atoms with Gasteiger partial charge in [0.15, 0.2) is 0 Å². The number of pyridine rings is 1. The first kappa shape index (κ1) is 29.5. The SMILES string of the molecule is Cc1cc(-c2ccc(OCc3cccc(C(CP(C)(C)=O)C4CC4)c3)cc2CN(C(C)C)C(C)C)c(F)cn1. The molecule has 39 heavy (non-hydrogen) atoms. The first-order chi connectivity index (χ1) is 18.4. The molecule has 1 saturated carbocycles. The number of aryl methyl sites for hydroxylation is 1. The fourth-order valence-electron chi connectivity index (χ4n) is 5.54. The predicted molar refractivity (Wildman–Crippen MR) is 161 cm³/mol. The maximum Gasteiger partial charge on any atom is 0.149 e. The fraction of sp³-hybridized carbons (Fsp3) is 0.485. The second kappa shape index (κ2) is 12.4. The van der Waals surface area contributed by atoms with Crippen molar-refractivity contribution in [3.63, 3.8) is 0 Å². The van der Waals surface area contributed by atoms with Crippen LogP contribution in [0.25, 0.3) is 11.1 Å². The summed E-state index contributed by atoms with van der Waals surface area (Å²) in [6.07, 6.45) is 4.52. The largest absolute Gasteiger partial charge is 0.489 e. The molecule has 0 amide bonds. The Kier molecular flexibility index (Phi) is 9.34. The number of nitrogens with zero attached hydrogens (tertiary/aromatic N) is 2. The molecule has 2 aromatic carbocycles. The summed E-state index contributed by atoms with van der Waals surface area (Å²) in [4.78, 5) is 6.52. The number of rotatable bonds is 12. The highest BCUT2D eigenvalue weighted by atomic mass is 31.2. The minimum absolute atomic E-state index is 0.318. The highest BCUT2D eigenvalue weighted by Crippen LogP contribution is 2.50. The summed E-state index contributed by atoms with van der Waals surface area (Å²) in [5.74, 6) is 1.45. The molecule has 4 nitrogen and oxygen atoms in total. The molecule has 0 saturated heterocycles. The Bertz CT molecular complexity index is 1320. The summed E-state index contributed by atoms with van der Waals surface area (Å²) in [6.45, 7) is 15.6. The quantitative estimate of drug-likeness (QED) is 0.212. The standard InChI is InChI=1S/C33H44FN2O2P/c1-22(2)36(23(3)4)19-28-17-29(13-14-30(28)31-15-24(5)35-18-33(31)34)38-20-25-9-8-10-27(16-25)32(26-11-12-26)21-39(6,7)37/h8-10,13-18,22-23,26,32H,11-12,19-21H2,1-7H3. The van der Waals surface area contributed by atoms with Crippen molar-refractivity contribution in [2.45, 2.75) is 78.6 Å². The van der Waals surface area contributed by atoms with E-state index in [0.29, 0.717) is 42.6 Å². The monoisotopic (exact) mass is 550 g/mol. The van der Waals surface area contributed by atoms with Crippen LogP contribution in [0.15, 0.2) is 54.7 Å². The molecule has 0 aliphatic heterocycles. The highest BCUT2D eigenvalue weighted by Gasteiger charge is 2.34. The molecular formula is C33H44FN2O2P. The average molecular weight is 551 g/mol. The van der Waals surface area contributed by atoms with Crippen LogP contribution in [0.3, 0.4) is 0 Å². The molecule has 1 unspecified atom stereocenters. The third kappa shape index (κ3) is 8.02. The van der Waals surface area contributed by atoms with Crippen molar-refractivity contribution >= 4 is 7.14 Å². The molecule has 0 radical (unpaired) electrons. The Balaban J connectivity index is 1.60. The van der Waals surface area contributed by atoms with Crippen molar-refractivity contribution in [1.29, 1.82) is 0 Å². The van der Waals surface area contributed by atoms with E-state index < -0.39 is 7.14 Å². The van der Waals surface area contributed by atoms with Crippen molar-refractivity contribution in [3.05, 3.63) is 82.9 Å². The maximum atomic E-state index is 14.9. The summed E-state index contributed by atoms with van der Waals surface area (Å²) in [7, 11) is -2.11. The molecule has 0 N–H and O–H groups in total. The summed E-state index contributed by atoms with van der Waals surface area (Å²) in [5, 5.41) is 0. The van der Waals surface area contributed by atoms with E-state index in [4.69, 9.17) is 4.74 Å². The molecule has 0 spiro atoms. The first-order valence-electron chi connectivity index (χ1n) is 14.2. The van der Waals surface area contributed by atoms with E-state index in [9.17, 15) is 8.96 Å². The molecule has 1 aromatic heterocycles. The third-order valence-electron chi connectivity index (χ3n) is 7.65. The summed E-state index contributed by atoms with van der Waals surface area (Å²) < 4.78 is 33.8. The molecule has 1 aliphatic rings. The van der Waals surface area contributed by atoms with Crippen molar-refractivity contribution < 1.29 is 13.7 Å². The molecule has 6 heteroatoms. The number of halogens is 1. The number of hydrogen-bond acceptors (Lipinski definition) is 4. The zero-order chi connectivity index (χ0) is 28.3. The van der Waals surface area contributed by atoms with Gasteiger partial charge in [0.25, 0.3) is 0 Å². The Hall–Kier alpha value is -2.49. The molecular weight excluding hydrogens is 506 g/mol. The van der Waals surface area contributed by atoms with E-state index in [1.54, 1.807) is 0 Å². The number of benzene rings is 2. The van der Waals surface area contributed by atoms with Crippen LogP contribution >= 0.6 is 7.14 Å². The molecule has 4 rings (SSSR count). The van der Waals surface area contributed by atoms with E-state index in [1.165, 1.54) is 24.6 Å². The van der Waals surface area contributed by atoms with Gasteiger partial charge in [0.1, 0.15) is 18.2 Å². The topological polar surface area (TPSA) is 42.4 Å². The zero-order valence-electron chi connectivity index (χ0n) is 24.6. The molecule has 3 aromatic rings.